The van der Waals surface area contributed by atoms with Gasteiger partial charge in [0.25, 0.3) is 0 Å². The lowest BCUT2D eigenvalue weighted by Gasteiger charge is -2.32. The van der Waals surface area contributed by atoms with E-state index in [9.17, 15) is 8.42 Å². The zero-order chi connectivity index (χ0) is 21.3. The number of guanidine groups is 1. The number of aliphatic imine (C=N–C) groups is 1. The molecule has 1 saturated heterocycles. The van der Waals surface area contributed by atoms with Crippen LogP contribution in [0.25, 0.3) is 0 Å². The Morgan fingerprint density at radius 2 is 1.83 bits per heavy atom. The Morgan fingerprint density at radius 1 is 1.23 bits per heavy atom. The first-order chi connectivity index (χ1) is 13.9. The molecule has 30 heavy (non-hydrogen) atoms. The number of ether oxygens (including phenoxy) is 2. The number of benzene rings is 1. The Kier molecular flexibility index (Phi) is 11.8. The normalized spacial score (nSPS) is 17.0. The lowest BCUT2D eigenvalue weighted by molar-refractivity contribution is 0.223. The van der Waals surface area contributed by atoms with Crippen LogP contribution in [-0.4, -0.2) is 70.4 Å². The molecule has 0 aliphatic carbocycles. The third-order valence-electron chi connectivity index (χ3n) is 4.83. The van der Waals surface area contributed by atoms with E-state index in [1.165, 1.54) is 0 Å². The van der Waals surface area contributed by atoms with Crippen molar-refractivity contribution in [1.29, 1.82) is 0 Å². The van der Waals surface area contributed by atoms with E-state index in [-0.39, 0.29) is 41.9 Å². The Hall–Kier alpha value is -1.27. The molecule has 0 spiro atoms. The smallest absolute Gasteiger partial charge is 0.214 e. The molecule has 1 aliphatic rings. The second-order valence-corrected chi connectivity index (χ2v) is 9.28. The average Bonchev–Trinajstić information content (AvgIpc) is 2.72. The molecule has 1 unspecified atom stereocenters. The van der Waals surface area contributed by atoms with Crippen LogP contribution in [0.1, 0.15) is 33.1 Å². The number of nitrogens with zero attached hydrogens (tertiary/aromatic N) is 2. The maximum atomic E-state index is 12.2. The predicted octanol–water partition coefficient (Wildman–Crippen LogP) is 2.45. The van der Waals surface area contributed by atoms with Gasteiger partial charge in [-0.15, -0.1) is 24.0 Å². The van der Waals surface area contributed by atoms with Crippen LogP contribution in [0.5, 0.6) is 11.5 Å². The maximum absolute atomic E-state index is 12.2. The minimum Gasteiger partial charge on any atom is -0.497 e. The fourth-order valence-corrected chi connectivity index (χ4v) is 4.76. The van der Waals surface area contributed by atoms with E-state index in [1.54, 1.807) is 18.5 Å². The number of piperidine rings is 1. The highest BCUT2D eigenvalue weighted by atomic mass is 127. The van der Waals surface area contributed by atoms with Gasteiger partial charge in [-0.3, -0.25) is 4.99 Å². The van der Waals surface area contributed by atoms with Crippen molar-refractivity contribution in [1.82, 2.24) is 14.9 Å². The Bertz CT molecular complexity index is 751. The zero-order valence-electron chi connectivity index (χ0n) is 18.3. The highest BCUT2D eigenvalue weighted by Gasteiger charge is 2.27. The summed E-state index contributed by atoms with van der Waals surface area (Å²) in [6.07, 6.45) is 2.12. The van der Waals surface area contributed by atoms with Gasteiger partial charge < -0.3 is 20.1 Å². The molecule has 0 aromatic heterocycles. The molecule has 172 valence electrons. The van der Waals surface area contributed by atoms with Gasteiger partial charge >= 0.3 is 0 Å². The van der Waals surface area contributed by atoms with Gasteiger partial charge in [0.1, 0.15) is 17.6 Å². The van der Waals surface area contributed by atoms with Crippen LogP contribution in [0.2, 0.25) is 0 Å². The van der Waals surface area contributed by atoms with Crippen LogP contribution in [0, 0.1) is 0 Å². The topological polar surface area (TPSA) is 92.3 Å². The fraction of sp³-hybridized carbons (Fsp3) is 0.650. The lowest BCUT2D eigenvalue weighted by Crippen LogP contribution is -2.51. The molecule has 0 bridgehead atoms. The largest absolute Gasteiger partial charge is 0.497 e. The van der Waals surface area contributed by atoms with Crippen LogP contribution in [0.4, 0.5) is 0 Å². The molecular weight excluding hydrogens is 519 g/mol. The second kappa shape index (κ2) is 13.2. The summed E-state index contributed by atoms with van der Waals surface area (Å²) in [5, 5.41) is 6.67. The molecule has 8 nitrogen and oxygen atoms in total. The summed E-state index contributed by atoms with van der Waals surface area (Å²) in [4.78, 5) is 4.27. The summed E-state index contributed by atoms with van der Waals surface area (Å²) in [6.45, 7) is 5.57. The van der Waals surface area contributed by atoms with Gasteiger partial charge in [0.2, 0.25) is 10.0 Å². The van der Waals surface area contributed by atoms with Crippen molar-refractivity contribution in [2.75, 3.05) is 39.5 Å². The van der Waals surface area contributed by atoms with Gasteiger partial charge in [0.05, 0.1) is 19.4 Å². The van der Waals surface area contributed by atoms with Gasteiger partial charge in [-0.25, -0.2) is 12.7 Å². The van der Waals surface area contributed by atoms with E-state index in [4.69, 9.17) is 9.47 Å². The summed E-state index contributed by atoms with van der Waals surface area (Å²) >= 11 is 0. The third kappa shape index (κ3) is 8.46. The SMILES string of the molecule is CCCS(=O)(=O)N1CCC(NC(=NC)NCC(C)Oc2ccc(OC)cc2)CC1.I. The van der Waals surface area contributed by atoms with E-state index in [1.807, 2.05) is 38.1 Å². The highest BCUT2D eigenvalue weighted by molar-refractivity contribution is 14.0. The van der Waals surface area contributed by atoms with E-state index >= 15 is 0 Å². The first-order valence-corrected chi connectivity index (χ1v) is 11.7. The van der Waals surface area contributed by atoms with Gasteiger partial charge in [0, 0.05) is 26.2 Å². The standard InChI is InChI=1S/C20H34N4O4S.HI/c1-5-14-29(25,26)24-12-10-17(11-13-24)23-20(21-3)22-15-16(2)28-19-8-6-18(27-4)7-9-19;/h6-9,16-17H,5,10-15H2,1-4H3,(H2,21,22,23);1H. The van der Waals surface area contributed by atoms with E-state index in [2.05, 4.69) is 15.6 Å². The van der Waals surface area contributed by atoms with Crippen molar-refractivity contribution < 1.29 is 17.9 Å². The van der Waals surface area contributed by atoms with E-state index in [0.717, 1.165) is 24.3 Å². The Morgan fingerprint density at radius 3 is 2.37 bits per heavy atom. The fourth-order valence-electron chi connectivity index (χ4n) is 3.22. The first-order valence-electron chi connectivity index (χ1n) is 10.1. The zero-order valence-corrected chi connectivity index (χ0v) is 21.4. The number of hydrogen-bond donors (Lipinski definition) is 2. The third-order valence-corrected chi connectivity index (χ3v) is 6.90. The number of halogens is 1. The van der Waals surface area contributed by atoms with Crippen LogP contribution in [0.3, 0.4) is 0 Å². The first kappa shape index (κ1) is 26.8. The molecule has 0 radical (unpaired) electrons. The van der Waals surface area contributed by atoms with Gasteiger partial charge in [0.15, 0.2) is 5.96 Å². The molecule has 2 rings (SSSR count). The van der Waals surface area contributed by atoms with Crippen molar-refractivity contribution in [2.45, 2.75) is 45.3 Å². The molecule has 2 N–H and O–H groups in total. The van der Waals surface area contributed by atoms with Crippen molar-refractivity contribution in [2.24, 2.45) is 4.99 Å². The minimum atomic E-state index is -3.11. The van der Waals surface area contributed by atoms with Crippen LogP contribution in [0.15, 0.2) is 29.3 Å². The van der Waals surface area contributed by atoms with Crippen LogP contribution < -0.4 is 20.1 Å². The highest BCUT2D eigenvalue weighted by Crippen LogP contribution is 2.18. The van der Waals surface area contributed by atoms with Crippen molar-refractivity contribution in [3.8, 4) is 11.5 Å². The van der Waals surface area contributed by atoms with Crippen molar-refractivity contribution in [3.05, 3.63) is 24.3 Å². The summed E-state index contributed by atoms with van der Waals surface area (Å²) in [7, 11) is 0.250. The summed E-state index contributed by atoms with van der Waals surface area (Å²) in [5.41, 5.74) is 0. The number of methoxy groups -OCH3 is 1. The molecule has 1 aromatic rings. The minimum absolute atomic E-state index is 0. The van der Waals surface area contributed by atoms with Crippen LogP contribution >= 0.6 is 24.0 Å². The Labute approximate surface area is 197 Å². The maximum Gasteiger partial charge on any atom is 0.214 e. The van der Waals surface area contributed by atoms with Gasteiger partial charge in [-0.2, -0.15) is 0 Å². The van der Waals surface area contributed by atoms with E-state index < -0.39 is 10.0 Å². The average molecular weight is 554 g/mol. The number of rotatable bonds is 9. The molecule has 1 atom stereocenters. The molecule has 1 heterocycles. The molecule has 0 saturated carbocycles. The lowest BCUT2D eigenvalue weighted by atomic mass is 10.1. The molecular formula is C20H35IN4O4S. The summed E-state index contributed by atoms with van der Waals surface area (Å²) < 4.78 is 37.0. The molecule has 1 aromatic carbocycles. The quantitative estimate of drug-likeness (QED) is 0.277. The molecule has 1 aliphatic heterocycles. The van der Waals surface area contributed by atoms with E-state index in [0.29, 0.717) is 32.0 Å². The molecule has 1 fully saturated rings. The van der Waals surface area contributed by atoms with Crippen molar-refractivity contribution >= 4 is 40.0 Å². The molecule has 10 heteroatoms. The predicted molar refractivity (Wildman–Crippen MR) is 132 cm³/mol. The number of hydrogen-bond acceptors (Lipinski definition) is 5. The number of nitrogens with one attached hydrogen (secondary N) is 2. The van der Waals surface area contributed by atoms with Crippen molar-refractivity contribution in [3.63, 3.8) is 0 Å². The van der Waals surface area contributed by atoms with Gasteiger partial charge in [-0.05, 0) is 50.5 Å². The summed E-state index contributed by atoms with van der Waals surface area (Å²) in [6, 6.07) is 7.68. The summed E-state index contributed by atoms with van der Waals surface area (Å²) in [5.74, 6) is 2.50. The number of sulfonamides is 1. The van der Waals surface area contributed by atoms with Gasteiger partial charge in [-0.1, -0.05) is 6.92 Å². The second-order valence-electron chi connectivity index (χ2n) is 7.19. The Balaban J connectivity index is 0.00000450. The monoisotopic (exact) mass is 554 g/mol. The van der Waals surface area contributed by atoms with Crippen LogP contribution in [-0.2, 0) is 10.0 Å². The molecule has 0 amide bonds.